The maximum atomic E-state index is 11.1. The van der Waals surface area contributed by atoms with Crippen molar-refractivity contribution in [3.63, 3.8) is 0 Å². The molecule has 0 aliphatic carbocycles. The maximum absolute atomic E-state index is 11.1. The molecule has 1 aromatic heterocycles. The van der Waals surface area contributed by atoms with Crippen molar-refractivity contribution in [2.24, 2.45) is 0 Å². The fraction of sp³-hybridized carbons (Fsp3) is 0.200. The van der Waals surface area contributed by atoms with Crippen molar-refractivity contribution >= 4 is 11.4 Å². The molecule has 2 aromatic rings. The van der Waals surface area contributed by atoms with Gasteiger partial charge in [-0.15, -0.1) is 0 Å². The summed E-state index contributed by atoms with van der Waals surface area (Å²) in [5.74, 6) is 0. The molecular weight excluding hydrogens is 268 g/mol. The number of aromatic nitrogens is 1. The Morgan fingerprint density at radius 3 is 2.81 bits per heavy atom. The maximum Gasteiger partial charge on any atom is 0.292 e. The van der Waals surface area contributed by atoms with E-state index >= 15 is 0 Å². The van der Waals surface area contributed by atoms with Crippen LogP contribution < -0.4 is 4.90 Å². The molecule has 0 bridgehead atoms. The van der Waals surface area contributed by atoms with Gasteiger partial charge in [-0.2, -0.15) is 5.26 Å². The van der Waals surface area contributed by atoms with Crippen LogP contribution in [0, 0.1) is 21.4 Å². The van der Waals surface area contributed by atoms with Crippen LogP contribution in [0.1, 0.15) is 11.3 Å². The molecule has 0 unspecified atom stereocenters. The molecule has 6 heteroatoms. The quantitative estimate of drug-likeness (QED) is 0.621. The molecule has 21 heavy (non-hydrogen) atoms. The van der Waals surface area contributed by atoms with Crippen LogP contribution >= 0.6 is 0 Å². The summed E-state index contributed by atoms with van der Waals surface area (Å²) in [6.07, 6.45) is 2.39. The van der Waals surface area contributed by atoms with E-state index in [4.69, 9.17) is 5.26 Å². The number of pyridine rings is 1. The monoisotopic (exact) mass is 282 g/mol. The Balaban J connectivity index is 2.19. The Labute approximate surface area is 122 Å². The molecule has 0 fully saturated rings. The largest absolute Gasteiger partial charge is 0.369 e. The van der Waals surface area contributed by atoms with Crippen molar-refractivity contribution in [2.45, 2.75) is 6.42 Å². The molecule has 0 saturated carbocycles. The van der Waals surface area contributed by atoms with Crippen molar-refractivity contribution in [1.82, 2.24) is 4.98 Å². The number of nitro benzene ring substituents is 1. The Morgan fingerprint density at radius 2 is 2.19 bits per heavy atom. The SMILES string of the molecule is CN(CCc1ccccn1)c1cc(C#N)ccc1[N+](=O)[O-]. The summed E-state index contributed by atoms with van der Waals surface area (Å²) >= 11 is 0. The third-order valence-electron chi connectivity index (χ3n) is 3.14. The lowest BCUT2D eigenvalue weighted by Gasteiger charge is -2.19. The predicted molar refractivity (Wildman–Crippen MR) is 79.0 cm³/mol. The number of benzene rings is 1. The fourth-order valence-electron chi connectivity index (χ4n) is 2.00. The van der Waals surface area contributed by atoms with E-state index in [1.54, 1.807) is 18.1 Å². The number of nitro groups is 1. The molecule has 0 saturated heterocycles. The van der Waals surface area contributed by atoms with Gasteiger partial charge in [0.2, 0.25) is 0 Å². The van der Waals surface area contributed by atoms with Gasteiger partial charge in [-0.05, 0) is 24.3 Å². The molecule has 0 amide bonds. The van der Waals surface area contributed by atoms with Crippen molar-refractivity contribution in [3.8, 4) is 6.07 Å². The molecule has 106 valence electrons. The van der Waals surface area contributed by atoms with Crippen LogP contribution in [0.5, 0.6) is 0 Å². The Hall–Kier alpha value is -2.94. The molecule has 0 spiro atoms. The van der Waals surface area contributed by atoms with Crippen molar-refractivity contribution < 1.29 is 4.92 Å². The van der Waals surface area contributed by atoms with Gasteiger partial charge in [-0.1, -0.05) is 6.07 Å². The first-order chi connectivity index (χ1) is 10.1. The lowest BCUT2D eigenvalue weighted by molar-refractivity contribution is -0.384. The van der Waals surface area contributed by atoms with Crippen molar-refractivity contribution in [3.05, 3.63) is 64.0 Å². The van der Waals surface area contributed by atoms with Crippen molar-refractivity contribution in [1.29, 1.82) is 5.26 Å². The second-order valence-electron chi connectivity index (χ2n) is 4.57. The molecule has 1 heterocycles. The van der Waals surface area contributed by atoms with Gasteiger partial charge in [0.05, 0.1) is 16.6 Å². The van der Waals surface area contributed by atoms with E-state index in [0.717, 1.165) is 5.69 Å². The molecule has 1 aromatic carbocycles. The summed E-state index contributed by atoms with van der Waals surface area (Å²) in [6, 6.07) is 12.0. The Kier molecular flexibility index (Phi) is 4.46. The topological polar surface area (TPSA) is 83.1 Å². The third kappa shape index (κ3) is 3.54. The van der Waals surface area contributed by atoms with Crippen LogP contribution in [0.15, 0.2) is 42.6 Å². The summed E-state index contributed by atoms with van der Waals surface area (Å²) < 4.78 is 0. The van der Waals surface area contributed by atoms with Gasteiger partial charge in [-0.25, -0.2) is 0 Å². The minimum atomic E-state index is -0.437. The molecule has 2 rings (SSSR count). The van der Waals surface area contributed by atoms with Crippen LogP contribution in [0.25, 0.3) is 0 Å². The average Bonchev–Trinajstić information content (AvgIpc) is 2.52. The van der Waals surface area contributed by atoms with E-state index in [2.05, 4.69) is 4.98 Å². The summed E-state index contributed by atoms with van der Waals surface area (Å²) in [7, 11) is 1.77. The highest BCUT2D eigenvalue weighted by atomic mass is 16.6. The molecular formula is C15H14N4O2. The first kappa shape index (κ1) is 14.5. The van der Waals surface area contributed by atoms with Gasteiger partial charge in [0.15, 0.2) is 0 Å². The number of likely N-dealkylation sites (N-methyl/N-ethyl adjacent to an activating group) is 1. The fourth-order valence-corrected chi connectivity index (χ4v) is 2.00. The van der Waals surface area contributed by atoms with Gasteiger partial charge in [0, 0.05) is 38.0 Å². The molecule has 0 aliphatic heterocycles. The second kappa shape index (κ2) is 6.48. The van der Waals surface area contributed by atoms with Gasteiger partial charge < -0.3 is 4.90 Å². The zero-order valence-electron chi connectivity index (χ0n) is 11.6. The number of nitrogens with zero attached hydrogens (tertiary/aromatic N) is 4. The van der Waals surface area contributed by atoms with Crippen LogP contribution in [0.3, 0.4) is 0 Å². The first-order valence-corrected chi connectivity index (χ1v) is 6.41. The summed E-state index contributed by atoms with van der Waals surface area (Å²) in [5.41, 5.74) is 1.76. The van der Waals surface area contributed by atoms with Crippen LogP contribution in [0.2, 0.25) is 0 Å². The average molecular weight is 282 g/mol. The Bertz CT molecular complexity index is 680. The highest BCUT2D eigenvalue weighted by molar-refractivity contribution is 5.65. The molecule has 0 N–H and O–H groups in total. The summed E-state index contributed by atoms with van der Waals surface area (Å²) in [6.45, 7) is 0.576. The second-order valence-corrected chi connectivity index (χ2v) is 4.57. The van der Waals surface area contributed by atoms with E-state index in [0.29, 0.717) is 24.2 Å². The molecule has 0 radical (unpaired) electrons. The lowest BCUT2D eigenvalue weighted by atomic mass is 10.1. The lowest BCUT2D eigenvalue weighted by Crippen LogP contribution is -2.21. The van der Waals surface area contributed by atoms with Crippen molar-refractivity contribution in [2.75, 3.05) is 18.5 Å². The number of nitriles is 1. The smallest absolute Gasteiger partial charge is 0.292 e. The highest BCUT2D eigenvalue weighted by Gasteiger charge is 2.17. The van der Waals surface area contributed by atoms with E-state index < -0.39 is 4.92 Å². The molecule has 0 aliphatic rings. The van der Waals surface area contributed by atoms with Gasteiger partial charge in [0.25, 0.3) is 5.69 Å². The van der Waals surface area contributed by atoms with E-state index in [9.17, 15) is 10.1 Å². The molecule has 0 atom stereocenters. The van der Waals surface area contributed by atoms with Crippen LogP contribution in [-0.4, -0.2) is 23.5 Å². The predicted octanol–water partition coefficient (Wildman–Crippen LogP) is 2.54. The van der Waals surface area contributed by atoms with Gasteiger partial charge in [0.1, 0.15) is 5.69 Å². The number of hydrogen-bond donors (Lipinski definition) is 0. The third-order valence-corrected chi connectivity index (χ3v) is 3.14. The van der Waals surface area contributed by atoms with Crippen LogP contribution in [0.4, 0.5) is 11.4 Å². The standard InChI is InChI=1S/C15H14N4O2/c1-18(9-7-13-4-2-3-8-17-13)15-10-12(11-16)5-6-14(15)19(20)21/h2-6,8,10H,7,9H2,1H3. The highest BCUT2D eigenvalue weighted by Crippen LogP contribution is 2.28. The van der Waals surface area contributed by atoms with E-state index in [1.807, 2.05) is 24.3 Å². The van der Waals surface area contributed by atoms with E-state index in [1.165, 1.54) is 18.2 Å². The van der Waals surface area contributed by atoms with Gasteiger partial charge in [-0.3, -0.25) is 15.1 Å². The normalized spacial score (nSPS) is 9.90. The minimum absolute atomic E-state index is 0.00230. The van der Waals surface area contributed by atoms with Crippen LogP contribution in [-0.2, 0) is 6.42 Å². The minimum Gasteiger partial charge on any atom is -0.369 e. The Morgan fingerprint density at radius 1 is 1.38 bits per heavy atom. The number of rotatable bonds is 5. The zero-order chi connectivity index (χ0) is 15.2. The first-order valence-electron chi connectivity index (χ1n) is 6.41. The number of anilines is 1. The summed E-state index contributed by atoms with van der Waals surface area (Å²) in [5, 5.41) is 20.0. The van der Waals surface area contributed by atoms with Gasteiger partial charge >= 0.3 is 0 Å². The summed E-state index contributed by atoms with van der Waals surface area (Å²) in [4.78, 5) is 16.6. The zero-order valence-corrected chi connectivity index (χ0v) is 11.6. The molecule has 6 nitrogen and oxygen atoms in total. The number of hydrogen-bond acceptors (Lipinski definition) is 5. The van der Waals surface area contributed by atoms with E-state index in [-0.39, 0.29) is 5.69 Å².